The molecule has 1 fully saturated rings. The van der Waals surface area contributed by atoms with Crippen LogP contribution in [0.1, 0.15) is 28.9 Å². The SMILES string of the molecule is Cc1ccc(CN2CCN(C(=O)Cn3nc(C(F)F)c([N+](=O)[O-])c3C)CC2)cc1. The van der Waals surface area contributed by atoms with Gasteiger partial charge in [0.15, 0.2) is 0 Å². The molecule has 10 heteroatoms. The number of alkyl halides is 2. The van der Waals surface area contributed by atoms with E-state index in [0.29, 0.717) is 26.2 Å². The molecule has 1 aliphatic rings. The predicted molar refractivity (Wildman–Crippen MR) is 102 cm³/mol. The minimum absolute atomic E-state index is 0.0448. The summed E-state index contributed by atoms with van der Waals surface area (Å²) in [5, 5.41) is 14.7. The van der Waals surface area contributed by atoms with Gasteiger partial charge >= 0.3 is 5.69 Å². The highest BCUT2D eigenvalue weighted by Crippen LogP contribution is 2.30. The van der Waals surface area contributed by atoms with Gasteiger partial charge < -0.3 is 4.90 Å². The summed E-state index contributed by atoms with van der Waals surface area (Å²) in [5.41, 5.74) is 0.735. The third kappa shape index (κ3) is 4.76. The molecule has 1 saturated heterocycles. The number of halogens is 2. The standard InChI is InChI=1S/C19H23F2N5O3/c1-13-3-5-15(6-4-13)11-23-7-9-24(10-8-23)16(27)12-25-14(2)18(26(28)29)17(22-25)19(20)21/h3-6,19H,7-12H2,1-2H3. The average molecular weight is 407 g/mol. The minimum atomic E-state index is -3.07. The maximum Gasteiger partial charge on any atom is 0.319 e. The zero-order valence-electron chi connectivity index (χ0n) is 16.3. The molecule has 8 nitrogen and oxygen atoms in total. The molecule has 1 amide bonds. The molecule has 2 heterocycles. The summed E-state index contributed by atoms with van der Waals surface area (Å²) in [6, 6.07) is 8.30. The first kappa shape index (κ1) is 20.8. The largest absolute Gasteiger partial charge is 0.339 e. The molecule has 0 atom stereocenters. The molecule has 0 N–H and O–H groups in total. The van der Waals surface area contributed by atoms with Crippen LogP contribution in [0.25, 0.3) is 0 Å². The van der Waals surface area contributed by atoms with Gasteiger partial charge in [0.1, 0.15) is 12.2 Å². The Morgan fingerprint density at radius 1 is 1.17 bits per heavy atom. The van der Waals surface area contributed by atoms with E-state index in [9.17, 15) is 23.7 Å². The number of carbonyl (C=O) groups is 1. The van der Waals surface area contributed by atoms with Crippen molar-refractivity contribution < 1.29 is 18.5 Å². The Kier molecular flexibility index (Phi) is 6.21. The van der Waals surface area contributed by atoms with Gasteiger partial charge in [-0.15, -0.1) is 0 Å². The summed E-state index contributed by atoms with van der Waals surface area (Å²) in [6.45, 7) is 6.27. The summed E-state index contributed by atoms with van der Waals surface area (Å²) in [5.74, 6) is -0.290. The molecule has 1 aliphatic heterocycles. The maximum absolute atomic E-state index is 13.0. The lowest BCUT2D eigenvalue weighted by atomic mass is 10.1. The van der Waals surface area contributed by atoms with Crippen LogP contribution in [0, 0.1) is 24.0 Å². The molecule has 0 aliphatic carbocycles. The number of carbonyl (C=O) groups excluding carboxylic acids is 1. The van der Waals surface area contributed by atoms with Crippen molar-refractivity contribution in [3.63, 3.8) is 0 Å². The van der Waals surface area contributed by atoms with Crippen LogP contribution in [0.2, 0.25) is 0 Å². The Morgan fingerprint density at radius 3 is 2.31 bits per heavy atom. The number of piperazine rings is 1. The van der Waals surface area contributed by atoms with E-state index in [2.05, 4.69) is 34.3 Å². The second-order valence-corrected chi connectivity index (χ2v) is 7.18. The Balaban J connectivity index is 1.59. The minimum Gasteiger partial charge on any atom is -0.339 e. The van der Waals surface area contributed by atoms with E-state index in [1.807, 2.05) is 6.92 Å². The number of amides is 1. The molecule has 3 rings (SSSR count). The molecule has 1 aromatic heterocycles. The molecule has 29 heavy (non-hydrogen) atoms. The number of nitro groups is 1. The Morgan fingerprint density at radius 2 is 1.79 bits per heavy atom. The van der Waals surface area contributed by atoms with Crippen molar-refractivity contribution in [1.29, 1.82) is 0 Å². The molecule has 0 radical (unpaired) electrons. The molecular formula is C19H23F2N5O3. The molecular weight excluding hydrogens is 384 g/mol. The van der Waals surface area contributed by atoms with Crippen molar-refractivity contribution in [2.75, 3.05) is 26.2 Å². The Hall–Kier alpha value is -2.88. The molecule has 0 spiro atoms. The lowest BCUT2D eigenvalue weighted by Gasteiger charge is -2.34. The zero-order chi connectivity index (χ0) is 21.1. The number of hydrogen-bond donors (Lipinski definition) is 0. The van der Waals surface area contributed by atoms with E-state index in [1.54, 1.807) is 4.90 Å². The molecule has 2 aromatic rings. The Bertz CT molecular complexity index is 890. The first-order valence-electron chi connectivity index (χ1n) is 9.31. The molecule has 0 unspecified atom stereocenters. The van der Waals surface area contributed by atoms with Gasteiger partial charge in [-0.1, -0.05) is 29.8 Å². The van der Waals surface area contributed by atoms with Crippen molar-refractivity contribution in [2.24, 2.45) is 0 Å². The monoisotopic (exact) mass is 407 g/mol. The van der Waals surface area contributed by atoms with Gasteiger partial charge in [-0.3, -0.25) is 24.5 Å². The van der Waals surface area contributed by atoms with Crippen molar-refractivity contribution in [3.8, 4) is 0 Å². The van der Waals surface area contributed by atoms with Crippen LogP contribution >= 0.6 is 0 Å². The lowest BCUT2D eigenvalue weighted by molar-refractivity contribution is -0.386. The zero-order valence-corrected chi connectivity index (χ0v) is 16.3. The van der Waals surface area contributed by atoms with Gasteiger partial charge in [-0.25, -0.2) is 8.78 Å². The predicted octanol–water partition coefficient (Wildman–Crippen LogP) is 2.69. The van der Waals surface area contributed by atoms with Gasteiger partial charge in [0.2, 0.25) is 11.6 Å². The van der Waals surface area contributed by atoms with E-state index in [1.165, 1.54) is 18.1 Å². The van der Waals surface area contributed by atoms with Gasteiger partial charge in [-0.05, 0) is 19.4 Å². The fraction of sp³-hybridized carbons (Fsp3) is 0.474. The number of aromatic nitrogens is 2. The van der Waals surface area contributed by atoms with Crippen LogP contribution in [0.4, 0.5) is 14.5 Å². The summed E-state index contributed by atoms with van der Waals surface area (Å²) in [4.78, 5) is 26.6. The third-order valence-electron chi connectivity index (χ3n) is 5.13. The fourth-order valence-corrected chi connectivity index (χ4v) is 3.42. The highest BCUT2D eigenvalue weighted by Gasteiger charge is 2.32. The number of benzene rings is 1. The van der Waals surface area contributed by atoms with Crippen LogP contribution < -0.4 is 0 Å². The number of nitrogens with zero attached hydrogens (tertiary/aromatic N) is 5. The first-order chi connectivity index (χ1) is 13.8. The second kappa shape index (κ2) is 8.64. The summed E-state index contributed by atoms with van der Waals surface area (Å²) in [7, 11) is 0. The highest BCUT2D eigenvalue weighted by atomic mass is 19.3. The lowest BCUT2D eigenvalue weighted by Crippen LogP contribution is -2.49. The van der Waals surface area contributed by atoms with Crippen molar-refractivity contribution in [2.45, 2.75) is 33.4 Å². The molecule has 156 valence electrons. The second-order valence-electron chi connectivity index (χ2n) is 7.18. The molecule has 0 saturated carbocycles. The third-order valence-corrected chi connectivity index (χ3v) is 5.13. The van der Waals surface area contributed by atoms with Crippen molar-refractivity contribution >= 4 is 11.6 Å². The quantitative estimate of drug-likeness (QED) is 0.543. The van der Waals surface area contributed by atoms with Gasteiger partial charge in [0.05, 0.1) is 4.92 Å². The smallest absolute Gasteiger partial charge is 0.319 e. The first-order valence-corrected chi connectivity index (χ1v) is 9.31. The summed E-state index contributed by atoms with van der Waals surface area (Å²) >= 11 is 0. The number of hydrogen-bond acceptors (Lipinski definition) is 5. The maximum atomic E-state index is 13.0. The van der Waals surface area contributed by atoms with Crippen LogP contribution in [0.15, 0.2) is 24.3 Å². The van der Waals surface area contributed by atoms with Crippen LogP contribution in [-0.2, 0) is 17.9 Å². The van der Waals surface area contributed by atoms with Gasteiger partial charge in [0.25, 0.3) is 6.43 Å². The van der Waals surface area contributed by atoms with Crippen molar-refractivity contribution in [1.82, 2.24) is 19.6 Å². The van der Waals surface area contributed by atoms with E-state index < -0.39 is 22.7 Å². The van der Waals surface area contributed by atoms with E-state index in [4.69, 9.17) is 0 Å². The van der Waals surface area contributed by atoms with Crippen LogP contribution in [0.5, 0.6) is 0 Å². The van der Waals surface area contributed by atoms with Gasteiger partial charge in [-0.2, -0.15) is 5.10 Å². The van der Waals surface area contributed by atoms with E-state index in [0.717, 1.165) is 11.2 Å². The van der Waals surface area contributed by atoms with Crippen molar-refractivity contribution in [3.05, 3.63) is 56.9 Å². The average Bonchev–Trinajstić information content (AvgIpc) is 3.01. The molecule has 0 bridgehead atoms. The fourth-order valence-electron chi connectivity index (χ4n) is 3.42. The number of aryl methyl sites for hydroxylation is 1. The summed E-state index contributed by atoms with van der Waals surface area (Å²) in [6.07, 6.45) is -3.07. The number of rotatable bonds is 6. The van der Waals surface area contributed by atoms with Gasteiger partial charge in [0, 0.05) is 32.7 Å². The van der Waals surface area contributed by atoms with Crippen LogP contribution in [-0.4, -0.2) is 56.6 Å². The summed E-state index contributed by atoms with van der Waals surface area (Å²) < 4.78 is 27.1. The molecule has 1 aromatic carbocycles. The topological polar surface area (TPSA) is 84.5 Å². The Labute approximate surface area is 166 Å². The van der Waals surface area contributed by atoms with E-state index >= 15 is 0 Å². The normalized spacial score (nSPS) is 15.1. The van der Waals surface area contributed by atoms with E-state index in [-0.39, 0.29) is 18.1 Å². The van der Waals surface area contributed by atoms with Crippen LogP contribution in [0.3, 0.4) is 0 Å². The highest BCUT2D eigenvalue weighted by molar-refractivity contribution is 5.76.